The van der Waals surface area contributed by atoms with E-state index in [1.165, 1.54) is 0 Å². The van der Waals surface area contributed by atoms with Crippen LogP contribution in [-0.2, 0) is 9.63 Å². The molecule has 0 radical (unpaired) electrons. The van der Waals surface area contributed by atoms with Crippen LogP contribution in [0.1, 0.15) is 19.4 Å². The number of hydrogen-bond donors (Lipinski definition) is 0. The van der Waals surface area contributed by atoms with Gasteiger partial charge in [-0.05, 0) is 12.1 Å². The number of carbonyl (C=O) groups excluding carboxylic acids is 1. The van der Waals surface area contributed by atoms with E-state index in [1.807, 2.05) is 52.2 Å². The van der Waals surface area contributed by atoms with E-state index >= 15 is 0 Å². The van der Waals surface area contributed by atoms with Crippen molar-refractivity contribution in [2.24, 2.45) is 5.16 Å². The third-order valence-electron chi connectivity index (χ3n) is 1.71. The highest BCUT2D eigenvalue weighted by atomic mass is 79.9. The van der Waals surface area contributed by atoms with Crippen LogP contribution in [0.3, 0.4) is 0 Å². The Bertz CT molecular complexity index is 361. The highest BCUT2D eigenvalue weighted by Gasteiger charge is 2.06. The molecule has 0 aliphatic carbocycles. The molecule has 5 heteroatoms. The van der Waals surface area contributed by atoms with Crippen LogP contribution >= 0.6 is 15.9 Å². The number of nitrogens with zero attached hydrogens (tertiary/aromatic N) is 2. The molecule has 94 valence electrons. The first-order valence-corrected chi connectivity index (χ1v) is 6.05. The van der Waals surface area contributed by atoms with E-state index in [9.17, 15) is 4.79 Å². The lowest BCUT2D eigenvalue weighted by molar-refractivity contribution is -0.128. The maximum Gasteiger partial charge on any atom is 0.323 e. The van der Waals surface area contributed by atoms with Gasteiger partial charge in [0.2, 0.25) is 0 Å². The van der Waals surface area contributed by atoms with Gasteiger partial charge in [0.25, 0.3) is 0 Å². The van der Waals surface area contributed by atoms with Gasteiger partial charge in [0, 0.05) is 24.1 Å². The fraction of sp³-hybridized carbons (Fsp3) is 0.333. The summed E-state index contributed by atoms with van der Waals surface area (Å²) in [4.78, 5) is 16.2. The SMILES string of the molecule is CC.CN(C)/C(=N\OC=O)c1ccc(Br)cc1. The molecule has 1 rings (SSSR count). The largest absolute Gasteiger partial charge is 0.360 e. The maximum absolute atomic E-state index is 10.1. The van der Waals surface area contributed by atoms with Gasteiger partial charge in [-0.15, -0.1) is 0 Å². The van der Waals surface area contributed by atoms with Crippen molar-refractivity contribution in [3.8, 4) is 0 Å². The summed E-state index contributed by atoms with van der Waals surface area (Å²) in [5.74, 6) is 0.592. The molecule has 0 amide bonds. The third kappa shape index (κ3) is 5.49. The first kappa shape index (κ1) is 15.6. The van der Waals surface area contributed by atoms with Gasteiger partial charge < -0.3 is 9.74 Å². The molecule has 0 fully saturated rings. The molecule has 0 aromatic heterocycles. The van der Waals surface area contributed by atoms with Gasteiger partial charge in [-0.3, -0.25) is 4.79 Å². The van der Waals surface area contributed by atoms with E-state index in [0.717, 1.165) is 10.0 Å². The molecule has 0 N–H and O–H groups in total. The Morgan fingerprint density at radius 1 is 1.29 bits per heavy atom. The van der Waals surface area contributed by atoms with Crippen molar-refractivity contribution in [2.75, 3.05) is 14.1 Å². The van der Waals surface area contributed by atoms with E-state index in [2.05, 4.69) is 25.9 Å². The molecule has 0 bridgehead atoms. The molecule has 4 nitrogen and oxygen atoms in total. The van der Waals surface area contributed by atoms with Crippen LogP contribution in [0.4, 0.5) is 0 Å². The Hall–Kier alpha value is -1.36. The molecule has 0 heterocycles. The number of benzene rings is 1. The summed E-state index contributed by atoms with van der Waals surface area (Å²) < 4.78 is 0.987. The van der Waals surface area contributed by atoms with Gasteiger partial charge in [-0.2, -0.15) is 0 Å². The minimum atomic E-state index is 0.294. The van der Waals surface area contributed by atoms with Crippen molar-refractivity contribution >= 4 is 28.2 Å². The van der Waals surface area contributed by atoms with E-state index in [-0.39, 0.29) is 0 Å². The topological polar surface area (TPSA) is 41.9 Å². The summed E-state index contributed by atoms with van der Waals surface area (Å²) >= 11 is 3.34. The predicted molar refractivity (Wildman–Crippen MR) is 72.9 cm³/mol. The third-order valence-corrected chi connectivity index (χ3v) is 2.24. The minimum absolute atomic E-state index is 0.294. The van der Waals surface area contributed by atoms with E-state index in [4.69, 9.17) is 0 Å². The first-order chi connectivity index (χ1) is 8.15. The number of oxime groups is 1. The van der Waals surface area contributed by atoms with Gasteiger partial charge in [-0.1, -0.05) is 47.1 Å². The van der Waals surface area contributed by atoms with Crippen molar-refractivity contribution < 1.29 is 9.63 Å². The highest BCUT2D eigenvalue weighted by molar-refractivity contribution is 9.10. The number of rotatable bonds is 3. The zero-order valence-electron chi connectivity index (χ0n) is 10.5. The van der Waals surface area contributed by atoms with Crippen LogP contribution < -0.4 is 0 Å². The molecular formula is C12H17BrN2O2. The molecule has 17 heavy (non-hydrogen) atoms. The lowest BCUT2D eigenvalue weighted by Gasteiger charge is -2.14. The van der Waals surface area contributed by atoms with Gasteiger partial charge in [0.15, 0.2) is 5.84 Å². The second kappa shape index (κ2) is 8.75. The van der Waals surface area contributed by atoms with Crippen LogP contribution in [0.2, 0.25) is 0 Å². The standard InChI is InChI=1S/C10H11BrN2O2.C2H6/c1-13(2)10(12-15-7-14)8-3-5-9(11)6-4-8;1-2/h3-7H,1-2H3;1-2H3/b12-10-;. The van der Waals surface area contributed by atoms with Crippen molar-refractivity contribution in [2.45, 2.75) is 13.8 Å². The normalized spacial score (nSPS) is 10.1. The second-order valence-electron chi connectivity index (χ2n) is 3.02. The summed E-state index contributed by atoms with van der Waals surface area (Å²) in [6.07, 6.45) is 0. The molecular weight excluding hydrogens is 284 g/mol. The number of carbonyl (C=O) groups is 1. The van der Waals surface area contributed by atoms with Crippen molar-refractivity contribution in [3.05, 3.63) is 34.3 Å². The molecule has 0 spiro atoms. The monoisotopic (exact) mass is 300 g/mol. The van der Waals surface area contributed by atoms with E-state index in [1.54, 1.807) is 4.90 Å². The highest BCUT2D eigenvalue weighted by Crippen LogP contribution is 2.12. The van der Waals surface area contributed by atoms with Crippen LogP contribution in [0.15, 0.2) is 33.9 Å². The average Bonchev–Trinajstić information content (AvgIpc) is 2.34. The van der Waals surface area contributed by atoms with Gasteiger partial charge in [0.05, 0.1) is 0 Å². The second-order valence-corrected chi connectivity index (χ2v) is 3.93. The Balaban J connectivity index is 0.00000121. The van der Waals surface area contributed by atoms with Crippen LogP contribution in [-0.4, -0.2) is 31.3 Å². The number of halogens is 1. The molecule has 1 aromatic carbocycles. The maximum atomic E-state index is 10.1. The quantitative estimate of drug-likeness (QED) is 0.283. The predicted octanol–water partition coefficient (Wildman–Crippen LogP) is 2.87. The molecule has 0 atom stereocenters. The number of amidine groups is 1. The zero-order chi connectivity index (χ0) is 13.3. The van der Waals surface area contributed by atoms with Gasteiger partial charge >= 0.3 is 6.47 Å². The Kier molecular flexibility index (Phi) is 8.05. The Morgan fingerprint density at radius 2 is 1.82 bits per heavy atom. The lowest BCUT2D eigenvalue weighted by atomic mass is 10.2. The Labute approximate surface area is 110 Å². The molecule has 0 saturated heterocycles. The summed E-state index contributed by atoms with van der Waals surface area (Å²) in [5.41, 5.74) is 0.880. The van der Waals surface area contributed by atoms with Crippen molar-refractivity contribution in [1.82, 2.24) is 4.90 Å². The zero-order valence-corrected chi connectivity index (χ0v) is 12.1. The molecule has 0 saturated carbocycles. The molecule has 0 aliphatic heterocycles. The van der Waals surface area contributed by atoms with Crippen LogP contribution in [0.5, 0.6) is 0 Å². The molecule has 0 unspecified atom stereocenters. The first-order valence-electron chi connectivity index (χ1n) is 5.26. The summed E-state index contributed by atoms with van der Waals surface area (Å²) in [7, 11) is 3.66. The molecule has 1 aromatic rings. The summed E-state index contributed by atoms with van der Waals surface area (Å²) in [5, 5.41) is 3.70. The fourth-order valence-electron chi connectivity index (χ4n) is 1.06. The van der Waals surface area contributed by atoms with Gasteiger partial charge in [-0.25, -0.2) is 0 Å². The van der Waals surface area contributed by atoms with Crippen LogP contribution in [0.25, 0.3) is 0 Å². The fourth-order valence-corrected chi connectivity index (χ4v) is 1.33. The minimum Gasteiger partial charge on any atom is -0.360 e. The smallest absolute Gasteiger partial charge is 0.323 e. The summed E-state index contributed by atoms with van der Waals surface area (Å²) in [6, 6.07) is 7.57. The van der Waals surface area contributed by atoms with Crippen LogP contribution in [0, 0.1) is 0 Å². The average molecular weight is 301 g/mol. The van der Waals surface area contributed by atoms with E-state index in [0.29, 0.717) is 12.3 Å². The van der Waals surface area contributed by atoms with Crippen molar-refractivity contribution in [3.63, 3.8) is 0 Å². The van der Waals surface area contributed by atoms with Gasteiger partial charge in [0.1, 0.15) is 0 Å². The molecule has 0 aliphatic rings. The van der Waals surface area contributed by atoms with Crippen molar-refractivity contribution in [1.29, 1.82) is 0 Å². The number of hydrogen-bond acceptors (Lipinski definition) is 3. The summed E-state index contributed by atoms with van der Waals surface area (Å²) in [6.45, 7) is 4.29. The Morgan fingerprint density at radius 3 is 2.24 bits per heavy atom. The lowest BCUT2D eigenvalue weighted by Crippen LogP contribution is -2.23. The van der Waals surface area contributed by atoms with E-state index < -0.39 is 0 Å².